The first-order valence-corrected chi connectivity index (χ1v) is 6.33. The molecular formula is C14H22N2O2. The van der Waals surface area contributed by atoms with E-state index in [1.54, 1.807) is 4.68 Å². The van der Waals surface area contributed by atoms with Crippen LogP contribution in [0.15, 0.2) is 6.20 Å². The van der Waals surface area contributed by atoms with Crippen molar-refractivity contribution in [2.45, 2.75) is 46.0 Å². The van der Waals surface area contributed by atoms with Crippen LogP contribution in [0.4, 0.5) is 0 Å². The topological polar surface area (TPSA) is 55.1 Å². The summed E-state index contributed by atoms with van der Waals surface area (Å²) >= 11 is 0. The van der Waals surface area contributed by atoms with Gasteiger partial charge in [-0.2, -0.15) is 5.10 Å². The van der Waals surface area contributed by atoms with E-state index in [4.69, 9.17) is 0 Å². The maximum atomic E-state index is 11.3. The highest BCUT2D eigenvalue weighted by Crippen LogP contribution is 2.65. The molecule has 0 aromatic carbocycles. The molecule has 1 saturated carbocycles. The molecule has 1 aliphatic rings. The summed E-state index contributed by atoms with van der Waals surface area (Å²) in [5.41, 5.74) is 1.89. The maximum absolute atomic E-state index is 11.3. The van der Waals surface area contributed by atoms with Gasteiger partial charge in [-0.1, -0.05) is 34.6 Å². The number of hydrogen-bond donors (Lipinski definition) is 1. The van der Waals surface area contributed by atoms with Gasteiger partial charge in [0.15, 0.2) is 0 Å². The minimum absolute atomic E-state index is 0.0572. The Morgan fingerprint density at radius 1 is 1.44 bits per heavy atom. The average Bonchev–Trinajstić information content (AvgIpc) is 2.54. The second-order valence-corrected chi connectivity index (χ2v) is 6.97. The molecule has 0 bridgehead atoms. The molecule has 18 heavy (non-hydrogen) atoms. The molecule has 2 atom stereocenters. The Balaban J connectivity index is 2.45. The van der Waals surface area contributed by atoms with Gasteiger partial charge in [0.1, 0.15) is 0 Å². The molecule has 0 amide bonds. The van der Waals surface area contributed by atoms with Gasteiger partial charge in [-0.3, -0.25) is 9.48 Å². The molecule has 0 aliphatic heterocycles. The summed E-state index contributed by atoms with van der Waals surface area (Å²) in [7, 11) is 1.89. The minimum Gasteiger partial charge on any atom is -0.481 e. The summed E-state index contributed by atoms with van der Waals surface area (Å²) in [5.74, 6) is -0.908. The summed E-state index contributed by atoms with van der Waals surface area (Å²) in [5, 5.41) is 13.8. The highest BCUT2D eigenvalue weighted by molar-refractivity contribution is 5.77. The number of hydrogen-bond acceptors (Lipinski definition) is 2. The number of aryl methyl sites for hydroxylation is 1. The van der Waals surface area contributed by atoms with Crippen LogP contribution in [0, 0.1) is 11.3 Å². The lowest BCUT2D eigenvalue weighted by Crippen LogP contribution is -2.15. The van der Waals surface area contributed by atoms with Gasteiger partial charge in [0.25, 0.3) is 0 Å². The molecule has 1 heterocycles. The average molecular weight is 250 g/mol. The molecule has 2 unspecified atom stereocenters. The molecular weight excluding hydrogens is 228 g/mol. The number of rotatable bonds is 2. The Morgan fingerprint density at radius 2 is 2.00 bits per heavy atom. The fourth-order valence-electron chi connectivity index (χ4n) is 3.00. The first kappa shape index (κ1) is 13.1. The third-order valence-corrected chi connectivity index (χ3v) is 4.00. The monoisotopic (exact) mass is 250 g/mol. The molecule has 1 aromatic heterocycles. The van der Waals surface area contributed by atoms with Gasteiger partial charge in [0.05, 0.1) is 11.6 Å². The maximum Gasteiger partial charge on any atom is 0.307 e. The SMILES string of the molecule is Cn1cc(C2C(C(=O)O)C2(C)C)c(C(C)(C)C)n1. The van der Waals surface area contributed by atoms with Gasteiger partial charge in [-0.15, -0.1) is 0 Å². The Labute approximate surface area is 108 Å². The number of aliphatic carboxylic acids is 1. The smallest absolute Gasteiger partial charge is 0.307 e. The molecule has 0 radical (unpaired) electrons. The van der Waals surface area contributed by atoms with Crippen molar-refractivity contribution in [3.05, 3.63) is 17.5 Å². The van der Waals surface area contributed by atoms with Gasteiger partial charge < -0.3 is 5.11 Å². The van der Waals surface area contributed by atoms with Crippen molar-refractivity contribution in [1.29, 1.82) is 0 Å². The fourth-order valence-corrected chi connectivity index (χ4v) is 3.00. The lowest BCUT2D eigenvalue weighted by atomic mass is 9.87. The highest BCUT2D eigenvalue weighted by Gasteiger charge is 2.63. The Morgan fingerprint density at radius 3 is 2.39 bits per heavy atom. The van der Waals surface area contributed by atoms with Crippen LogP contribution >= 0.6 is 0 Å². The number of aromatic nitrogens is 2. The summed E-state index contributed by atoms with van der Waals surface area (Å²) in [6, 6.07) is 0. The Bertz CT molecular complexity index is 494. The predicted octanol–water partition coefficient (Wildman–Crippen LogP) is 2.54. The van der Waals surface area contributed by atoms with Gasteiger partial charge in [0.2, 0.25) is 0 Å². The largest absolute Gasteiger partial charge is 0.481 e. The van der Waals surface area contributed by atoms with Crippen LogP contribution < -0.4 is 0 Å². The van der Waals surface area contributed by atoms with E-state index in [0.29, 0.717) is 0 Å². The van der Waals surface area contributed by atoms with E-state index >= 15 is 0 Å². The second kappa shape index (κ2) is 3.59. The molecule has 0 saturated heterocycles. The zero-order valence-electron chi connectivity index (χ0n) is 12.0. The Kier molecular flexibility index (Phi) is 2.62. The zero-order chi connectivity index (χ0) is 13.9. The van der Waals surface area contributed by atoms with Crippen molar-refractivity contribution in [3.63, 3.8) is 0 Å². The normalized spacial score (nSPS) is 26.1. The first-order chi connectivity index (χ1) is 8.06. The fraction of sp³-hybridized carbons (Fsp3) is 0.714. The lowest BCUT2D eigenvalue weighted by molar-refractivity contribution is -0.139. The van der Waals surface area contributed by atoms with Gasteiger partial charge >= 0.3 is 5.97 Å². The van der Waals surface area contributed by atoms with Gasteiger partial charge in [0, 0.05) is 24.6 Å². The van der Waals surface area contributed by atoms with E-state index in [-0.39, 0.29) is 22.7 Å². The molecule has 4 heteroatoms. The minimum atomic E-state index is -0.700. The van der Waals surface area contributed by atoms with Crippen LogP contribution in [-0.2, 0) is 17.3 Å². The molecule has 0 spiro atoms. The third-order valence-electron chi connectivity index (χ3n) is 4.00. The third kappa shape index (κ3) is 1.84. The van der Waals surface area contributed by atoms with Crippen LogP contribution in [0.1, 0.15) is 51.8 Å². The lowest BCUT2D eigenvalue weighted by Gasteiger charge is -2.18. The summed E-state index contributed by atoms with van der Waals surface area (Å²) in [6.07, 6.45) is 1.98. The molecule has 100 valence electrons. The highest BCUT2D eigenvalue weighted by atomic mass is 16.4. The van der Waals surface area contributed by atoms with Gasteiger partial charge in [-0.25, -0.2) is 0 Å². The van der Waals surface area contributed by atoms with Gasteiger partial charge in [-0.05, 0) is 11.0 Å². The van der Waals surface area contributed by atoms with Crippen molar-refractivity contribution in [1.82, 2.24) is 9.78 Å². The van der Waals surface area contributed by atoms with E-state index in [2.05, 4.69) is 25.9 Å². The van der Waals surface area contributed by atoms with E-state index in [1.807, 2.05) is 27.1 Å². The first-order valence-electron chi connectivity index (χ1n) is 6.33. The van der Waals surface area contributed by atoms with Crippen LogP contribution in [-0.4, -0.2) is 20.9 Å². The number of carboxylic acid groups (broad SMARTS) is 1. The molecule has 1 aliphatic carbocycles. The Hall–Kier alpha value is -1.32. The van der Waals surface area contributed by atoms with Crippen molar-refractivity contribution in [2.24, 2.45) is 18.4 Å². The van der Waals surface area contributed by atoms with E-state index < -0.39 is 5.97 Å². The standard InChI is InChI=1S/C14H22N2O2/c1-13(2,3)11-8(7-16(6)15-11)9-10(12(17)18)14(9,4)5/h7,9-10H,1-6H3,(H,17,18). The number of carboxylic acids is 1. The van der Waals surface area contributed by atoms with E-state index in [9.17, 15) is 9.90 Å². The molecule has 1 aromatic rings. The molecule has 1 fully saturated rings. The summed E-state index contributed by atoms with van der Waals surface area (Å²) in [6.45, 7) is 10.4. The summed E-state index contributed by atoms with van der Waals surface area (Å²) < 4.78 is 1.79. The van der Waals surface area contributed by atoms with E-state index in [1.165, 1.54) is 0 Å². The number of nitrogens with zero attached hydrogens (tertiary/aromatic N) is 2. The van der Waals surface area contributed by atoms with Crippen LogP contribution in [0.3, 0.4) is 0 Å². The molecule has 2 rings (SSSR count). The zero-order valence-corrected chi connectivity index (χ0v) is 12.0. The quantitative estimate of drug-likeness (QED) is 0.877. The predicted molar refractivity (Wildman–Crippen MR) is 69.6 cm³/mol. The number of carbonyl (C=O) groups is 1. The molecule has 4 nitrogen and oxygen atoms in total. The van der Waals surface area contributed by atoms with Crippen molar-refractivity contribution >= 4 is 5.97 Å². The molecule has 1 N–H and O–H groups in total. The van der Waals surface area contributed by atoms with Crippen molar-refractivity contribution in [3.8, 4) is 0 Å². The second-order valence-electron chi connectivity index (χ2n) is 6.97. The summed E-state index contributed by atoms with van der Waals surface area (Å²) in [4.78, 5) is 11.3. The van der Waals surface area contributed by atoms with Crippen molar-refractivity contribution in [2.75, 3.05) is 0 Å². The van der Waals surface area contributed by atoms with E-state index in [0.717, 1.165) is 11.3 Å². The van der Waals surface area contributed by atoms with Crippen LogP contribution in [0.25, 0.3) is 0 Å². The van der Waals surface area contributed by atoms with Crippen LogP contribution in [0.2, 0.25) is 0 Å². The van der Waals surface area contributed by atoms with Crippen molar-refractivity contribution < 1.29 is 9.90 Å². The van der Waals surface area contributed by atoms with Crippen LogP contribution in [0.5, 0.6) is 0 Å².